The number of halogens is 1. The van der Waals surface area contributed by atoms with Crippen LogP contribution >= 0.6 is 0 Å². The van der Waals surface area contributed by atoms with E-state index in [0.717, 1.165) is 24.8 Å². The molecule has 0 aromatic heterocycles. The van der Waals surface area contributed by atoms with Gasteiger partial charge in [0, 0.05) is 5.54 Å². The minimum absolute atomic E-state index is 0.0906. The minimum atomic E-state index is -0.378. The number of hydrogen-bond acceptors (Lipinski definition) is 3. The van der Waals surface area contributed by atoms with Crippen molar-refractivity contribution >= 4 is 0 Å². The highest BCUT2D eigenvalue weighted by atomic mass is 19.1. The molecule has 0 unspecified atom stereocenters. The summed E-state index contributed by atoms with van der Waals surface area (Å²) in [4.78, 5) is 0. The van der Waals surface area contributed by atoms with E-state index < -0.39 is 0 Å². The van der Waals surface area contributed by atoms with Crippen LogP contribution in [0.5, 0.6) is 11.5 Å². The van der Waals surface area contributed by atoms with Gasteiger partial charge in [0.25, 0.3) is 0 Å². The Balaban J connectivity index is 2.07. The van der Waals surface area contributed by atoms with Gasteiger partial charge in [0.2, 0.25) is 12.5 Å². The molecule has 0 bridgehead atoms. The summed E-state index contributed by atoms with van der Waals surface area (Å²) in [5, 5.41) is 0. The van der Waals surface area contributed by atoms with E-state index in [1.165, 1.54) is 6.07 Å². The van der Waals surface area contributed by atoms with Crippen LogP contribution in [0.15, 0.2) is 12.1 Å². The Morgan fingerprint density at radius 2 is 2.07 bits per heavy atom. The molecule has 1 aliphatic heterocycles. The van der Waals surface area contributed by atoms with Gasteiger partial charge in [-0.05, 0) is 37.0 Å². The zero-order valence-electron chi connectivity index (χ0n) is 8.25. The molecule has 1 saturated carbocycles. The highest BCUT2D eigenvalue weighted by molar-refractivity contribution is 5.48. The second kappa shape index (κ2) is 2.85. The van der Waals surface area contributed by atoms with E-state index in [9.17, 15) is 4.39 Å². The van der Waals surface area contributed by atoms with Gasteiger partial charge >= 0.3 is 0 Å². The number of fused-ring (bicyclic) bond motifs is 1. The van der Waals surface area contributed by atoms with Crippen molar-refractivity contribution in [3.63, 3.8) is 0 Å². The molecule has 0 radical (unpaired) electrons. The molecule has 2 N–H and O–H groups in total. The average Bonchev–Trinajstić information content (AvgIpc) is 2.62. The number of ether oxygens (including phenoxy) is 2. The molecule has 0 saturated heterocycles. The van der Waals surface area contributed by atoms with Crippen LogP contribution in [0, 0.1) is 5.82 Å². The van der Waals surface area contributed by atoms with Gasteiger partial charge in [-0.2, -0.15) is 0 Å². The Morgan fingerprint density at radius 1 is 1.27 bits per heavy atom. The highest BCUT2D eigenvalue weighted by Crippen LogP contribution is 2.44. The maximum atomic E-state index is 13.6. The van der Waals surface area contributed by atoms with Gasteiger partial charge in [-0.15, -0.1) is 0 Å². The van der Waals surface area contributed by atoms with Crippen molar-refractivity contribution < 1.29 is 13.9 Å². The standard InChI is InChI=1S/C11H12FNO2/c12-8-4-7(11(13)2-1-3-11)5-9-10(8)15-6-14-9/h4-5H,1-3,6,13H2. The number of hydrogen-bond donors (Lipinski definition) is 1. The van der Waals surface area contributed by atoms with Crippen LogP contribution < -0.4 is 15.2 Å². The molecule has 1 aromatic rings. The van der Waals surface area contributed by atoms with Crippen molar-refractivity contribution in [1.82, 2.24) is 0 Å². The third-order valence-corrected chi connectivity index (χ3v) is 3.25. The Bertz CT molecular complexity index is 415. The SMILES string of the molecule is NC1(c2cc(F)c3c(c2)OCO3)CCC1. The molecule has 1 aromatic carbocycles. The molecule has 80 valence electrons. The van der Waals surface area contributed by atoms with E-state index in [4.69, 9.17) is 15.2 Å². The van der Waals surface area contributed by atoms with Crippen molar-refractivity contribution in [2.45, 2.75) is 24.8 Å². The molecular formula is C11H12FNO2. The van der Waals surface area contributed by atoms with Gasteiger partial charge in [-0.3, -0.25) is 0 Å². The largest absolute Gasteiger partial charge is 0.453 e. The summed E-state index contributed by atoms with van der Waals surface area (Å²) in [7, 11) is 0. The van der Waals surface area contributed by atoms with E-state index in [1.807, 2.05) is 0 Å². The zero-order chi connectivity index (χ0) is 10.5. The fourth-order valence-corrected chi connectivity index (χ4v) is 2.10. The summed E-state index contributed by atoms with van der Waals surface area (Å²) in [5.74, 6) is 0.306. The van der Waals surface area contributed by atoms with Crippen LogP contribution in [0.4, 0.5) is 4.39 Å². The van der Waals surface area contributed by atoms with E-state index >= 15 is 0 Å². The van der Waals surface area contributed by atoms with Crippen LogP contribution in [0.2, 0.25) is 0 Å². The van der Waals surface area contributed by atoms with Gasteiger partial charge in [-0.25, -0.2) is 4.39 Å². The Labute approximate surface area is 87.0 Å². The molecule has 1 aliphatic carbocycles. The molecular weight excluding hydrogens is 197 g/mol. The van der Waals surface area contributed by atoms with Gasteiger partial charge in [0.05, 0.1) is 0 Å². The fraction of sp³-hybridized carbons (Fsp3) is 0.455. The van der Waals surface area contributed by atoms with Gasteiger partial charge in [-0.1, -0.05) is 0 Å². The van der Waals surface area contributed by atoms with Crippen molar-refractivity contribution in [3.8, 4) is 11.5 Å². The van der Waals surface area contributed by atoms with Crippen LogP contribution in [0.1, 0.15) is 24.8 Å². The lowest BCUT2D eigenvalue weighted by atomic mass is 9.73. The summed E-state index contributed by atoms with van der Waals surface area (Å²) in [6.45, 7) is 0.0906. The maximum absolute atomic E-state index is 13.6. The maximum Gasteiger partial charge on any atom is 0.231 e. The normalized spacial score (nSPS) is 21.2. The average molecular weight is 209 g/mol. The monoisotopic (exact) mass is 209 g/mol. The summed E-state index contributed by atoms with van der Waals surface area (Å²) in [5.41, 5.74) is 6.58. The summed E-state index contributed by atoms with van der Waals surface area (Å²) in [6, 6.07) is 3.26. The molecule has 4 heteroatoms. The third-order valence-electron chi connectivity index (χ3n) is 3.25. The molecule has 3 nitrogen and oxygen atoms in total. The molecule has 3 rings (SSSR count). The van der Waals surface area contributed by atoms with E-state index in [2.05, 4.69) is 0 Å². The lowest BCUT2D eigenvalue weighted by molar-refractivity contribution is 0.170. The van der Waals surface area contributed by atoms with E-state index in [-0.39, 0.29) is 23.9 Å². The Kier molecular flexibility index (Phi) is 1.71. The van der Waals surface area contributed by atoms with Crippen molar-refractivity contribution in [3.05, 3.63) is 23.5 Å². The number of nitrogens with two attached hydrogens (primary N) is 1. The van der Waals surface area contributed by atoms with E-state index in [0.29, 0.717) is 5.75 Å². The van der Waals surface area contributed by atoms with E-state index in [1.54, 1.807) is 6.07 Å². The summed E-state index contributed by atoms with van der Waals surface area (Å²) in [6.07, 6.45) is 2.92. The first kappa shape index (κ1) is 8.97. The highest BCUT2D eigenvalue weighted by Gasteiger charge is 2.36. The van der Waals surface area contributed by atoms with Crippen LogP contribution in [-0.4, -0.2) is 6.79 Å². The second-order valence-corrected chi connectivity index (χ2v) is 4.20. The van der Waals surface area contributed by atoms with Gasteiger partial charge in [0.15, 0.2) is 11.6 Å². The lowest BCUT2D eigenvalue weighted by Crippen LogP contribution is -2.43. The molecule has 2 aliphatic rings. The molecule has 0 amide bonds. The minimum Gasteiger partial charge on any atom is -0.453 e. The third kappa shape index (κ3) is 1.21. The molecule has 0 spiro atoms. The predicted molar refractivity (Wildman–Crippen MR) is 52.2 cm³/mol. The molecule has 1 fully saturated rings. The fourth-order valence-electron chi connectivity index (χ4n) is 2.10. The first-order chi connectivity index (χ1) is 7.19. The van der Waals surface area contributed by atoms with Crippen molar-refractivity contribution in [2.24, 2.45) is 5.73 Å². The van der Waals surface area contributed by atoms with Crippen molar-refractivity contribution in [1.29, 1.82) is 0 Å². The molecule has 15 heavy (non-hydrogen) atoms. The van der Waals surface area contributed by atoms with Crippen LogP contribution in [-0.2, 0) is 5.54 Å². The van der Waals surface area contributed by atoms with Crippen LogP contribution in [0.3, 0.4) is 0 Å². The first-order valence-electron chi connectivity index (χ1n) is 5.08. The Morgan fingerprint density at radius 3 is 2.73 bits per heavy atom. The smallest absolute Gasteiger partial charge is 0.231 e. The summed E-state index contributed by atoms with van der Waals surface area (Å²) < 4.78 is 23.8. The predicted octanol–water partition coefficient (Wildman–Crippen LogP) is 1.89. The first-order valence-corrected chi connectivity index (χ1v) is 5.08. The van der Waals surface area contributed by atoms with Gasteiger partial charge < -0.3 is 15.2 Å². The molecule has 0 atom stereocenters. The lowest BCUT2D eigenvalue weighted by Gasteiger charge is -2.38. The number of benzene rings is 1. The van der Waals surface area contributed by atoms with Gasteiger partial charge in [0.1, 0.15) is 0 Å². The van der Waals surface area contributed by atoms with Crippen LogP contribution in [0.25, 0.3) is 0 Å². The zero-order valence-corrected chi connectivity index (χ0v) is 8.25. The Hall–Kier alpha value is -1.29. The quantitative estimate of drug-likeness (QED) is 0.768. The molecule has 1 heterocycles. The van der Waals surface area contributed by atoms with Crippen molar-refractivity contribution in [2.75, 3.05) is 6.79 Å². The summed E-state index contributed by atoms with van der Waals surface area (Å²) >= 11 is 0. The topological polar surface area (TPSA) is 44.5 Å². The second-order valence-electron chi connectivity index (χ2n) is 4.20. The number of rotatable bonds is 1.